The molecule has 1 aliphatic heterocycles. The molecule has 0 bridgehead atoms. The molecule has 4 aromatic rings. The van der Waals surface area contributed by atoms with Gasteiger partial charge in [-0.25, -0.2) is 14.1 Å². The monoisotopic (exact) mass is 500 g/mol. The molecule has 0 saturated carbocycles. The number of hydrogen-bond donors (Lipinski definition) is 1. The second kappa shape index (κ2) is 10.8. The number of nitrogens with zero attached hydrogens (tertiary/aromatic N) is 5. The van der Waals surface area contributed by atoms with Gasteiger partial charge in [0.25, 0.3) is 5.56 Å². The first-order valence-corrected chi connectivity index (χ1v) is 12.4. The molecule has 0 amide bonds. The van der Waals surface area contributed by atoms with E-state index in [9.17, 15) is 9.18 Å². The van der Waals surface area contributed by atoms with Crippen molar-refractivity contribution in [2.45, 2.75) is 20.3 Å². The lowest BCUT2D eigenvalue weighted by Crippen LogP contribution is -2.37. The molecular weight excluding hydrogens is 471 g/mol. The van der Waals surface area contributed by atoms with Crippen LogP contribution in [0.2, 0.25) is 0 Å². The van der Waals surface area contributed by atoms with E-state index in [0.29, 0.717) is 49.0 Å². The second-order valence-electron chi connectivity index (χ2n) is 8.68. The molecule has 1 saturated heterocycles. The van der Waals surface area contributed by atoms with Crippen molar-refractivity contribution in [2.24, 2.45) is 0 Å². The van der Waals surface area contributed by atoms with Crippen LogP contribution in [0.15, 0.2) is 77.6 Å². The van der Waals surface area contributed by atoms with Crippen LogP contribution in [0, 0.1) is 5.82 Å². The Morgan fingerprint density at radius 3 is 2.78 bits per heavy atom. The average molecular weight is 501 g/mol. The normalized spacial score (nSPS) is 15.0. The molecule has 9 heteroatoms. The molecule has 0 unspecified atom stereocenters. The zero-order valence-corrected chi connectivity index (χ0v) is 20.9. The highest BCUT2D eigenvalue weighted by Gasteiger charge is 2.20. The quantitative estimate of drug-likeness (QED) is 0.370. The van der Waals surface area contributed by atoms with Gasteiger partial charge < -0.3 is 9.64 Å². The van der Waals surface area contributed by atoms with Crippen molar-refractivity contribution in [3.63, 3.8) is 0 Å². The molecule has 1 aromatic carbocycles. The number of aromatic nitrogens is 5. The molecule has 37 heavy (non-hydrogen) atoms. The molecule has 0 radical (unpaired) electrons. The van der Waals surface area contributed by atoms with Crippen molar-refractivity contribution in [1.82, 2.24) is 24.4 Å². The second-order valence-corrected chi connectivity index (χ2v) is 8.68. The Hall–Kier alpha value is -4.24. The lowest BCUT2D eigenvalue weighted by atomic mass is 10.1. The first-order valence-electron chi connectivity index (χ1n) is 12.4. The number of benzene rings is 1. The highest BCUT2D eigenvalue weighted by atomic mass is 19.1. The summed E-state index contributed by atoms with van der Waals surface area (Å²) in [5, 5.41) is 7.98. The van der Waals surface area contributed by atoms with Gasteiger partial charge in [-0.3, -0.25) is 9.89 Å². The summed E-state index contributed by atoms with van der Waals surface area (Å²) in [6, 6.07) is 11.3. The number of nitrogens with one attached hydrogen (secondary N) is 1. The molecular formula is C28H29FN6O2. The lowest BCUT2D eigenvalue weighted by Gasteiger charge is -2.29. The van der Waals surface area contributed by atoms with Crippen molar-refractivity contribution in [1.29, 1.82) is 0 Å². The van der Waals surface area contributed by atoms with Gasteiger partial charge in [-0.15, -0.1) is 0 Å². The third kappa shape index (κ3) is 5.17. The first kappa shape index (κ1) is 24.5. The van der Waals surface area contributed by atoms with E-state index in [0.717, 1.165) is 23.5 Å². The van der Waals surface area contributed by atoms with Gasteiger partial charge >= 0.3 is 0 Å². The zero-order valence-electron chi connectivity index (χ0n) is 20.9. The highest BCUT2D eigenvalue weighted by Crippen LogP contribution is 2.25. The summed E-state index contributed by atoms with van der Waals surface area (Å²) in [7, 11) is 0. The molecule has 3 aromatic heterocycles. The number of morpholine rings is 1. The summed E-state index contributed by atoms with van der Waals surface area (Å²) in [4.78, 5) is 19.9. The summed E-state index contributed by atoms with van der Waals surface area (Å²) < 4.78 is 22.5. The molecule has 5 rings (SSSR count). The summed E-state index contributed by atoms with van der Waals surface area (Å²) in [5.41, 5.74) is 3.14. The van der Waals surface area contributed by atoms with Crippen LogP contribution in [0.25, 0.3) is 28.3 Å². The van der Waals surface area contributed by atoms with Crippen LogP contribution in [0.3, 0.4) is 0 Å². The van der Waals surface area contributed by atoms with Gasteiger partial charge in [0.1, 0.15) is 11.6 Å². The van der Waals surface area contributed by atoms with Gasteiger partial charge in [0.05, 0.1) is 24.6 Å². The standard InChI is InChI=1S/C28H29FN6O2/c1-3-5-6-9-20(8-4-2)23-17-25-30-26(19-27(34(25)31-23)33-12-14-37-15-13-33)35-28(36)18-24(32-35)21-10-7-11-22(29)16-21/h4-11,16-19,32H,3,12-15H2,1-2H3/b6-5+,8-4-,20-9+. The molecule has 0 spiro atoms. The van der Waals surface area contributed by atoms with E-state index in [2.05, 4.69) is 23.0 Å². The van der Waals surface area contributed by atoms with Gasteiger partial charge in [-0.1, -0.05) is 49.4 Å². The minimum atomic E-state index is -0.370. The maximum atomic E-state index is 13.8. The fourth-order valence-corrected chi connectivity index (χ4v) is 4.30. The smallest absolute Gasteiger partial charge is 0.273 e. The van der Waals surface area contributed by atoms with E-state index >= 15 is 0 Å². The number of ether oxygens (including phenoxy) is 1. The summed E-state index contributed by atoms with van der Waals surface area (Å²) in [6.07, 6.45) is 11.1. The predicted molar refractivity (Wildman–Crippen MR) is 144 cm³/mol. The van der Waals surface area contributed by atoms with Gasteiger partial charge in [0.2, 0.25) is 0 Å². The predicted octanol–water partition coefficient (Wildman–Crippen LogP) is 4.78. The summed E-state index contributed by atoms with van der Waals surface area (Å²) in [5.74, 6) is 0.869. The van der Waals surface area contributed by atoms with E-state index in [1.807, 2.05) is 47.9 Å². The van der Waals surface area contributed by atoms with Crippen LogP contribution >= 0.6 is 0 Å². The Labute approximate surface area is 214 Å². The molecule has 1 fully saturated rings. The molecule has 0 aliphatic carbocycles. The fourth-order valence-electron chi connectivity index (χ4n) is 4.30. The van der Waals surface area contributed by atoms with Crippen LogP contribution in [-0.2, 0) is 4.74 Å². The Morgan fingerprint density at radius 1 is 1.19 bits per heavy atom. The fraction of sp³-hybridized carbons (Fsp3) is 0.250. The van der Waals surface area contributed by atoms with Crippen molar-refractivity contribution < 1.29 is 9.13 Å². The highest BCUT2D eigenvalue weighted by molar-refractivity contribution is 5.75. The van der Waals surface area contributed by atoms with Crippen LogP contribution in [-0.4, -0.2) is 50.7 Å². The van der Waals surface area contributed by atoms with Crippen molar-refractivity contribution in [3.8, 4) is 17.1 Å². The van der Waals surface area contributed by atoms with Gasteiger partial charge in [-0.2, -0.15) is 9.61 Å². The SMILES string of the molecule is C\C=C/C(=C\C=C\CC)c1cc2nc(-n3[nH]c(-c4cccc(F)c4)cc3=O)cc(N3CCOCC3)n2n1. The van der Waals surface area contributed by atoms with Crippen molar-refractivity contribution in [2.75, 3.05) is 31.2 Å². The average Bonchev–Trinajstić information content (AvgIpc) is 3.52. The van der Waals surface area contributed by atoms with Crippen molar-refractivity contribution >= 4 is 17.0 Å². The molecule has 4 heterocycles. The van der Waals surface area contributed by atoms with Gasteiger partial charge in [0.15, 0.2) is 11.5 Å². The number of H-pyrrole nitrogens is 1. The Bertz CT molecular complexity index is 1550. The van der Waals surface area contributed by atoms with Crippen LogP contribution in [0.5, 0.6) is 0 Å². The van der Waals surface area contributed by atoms with Gasteiger partial charge in [-0.05, 0) is 25.5 Å². The molecule has 1 aliphatic rings. The maximum Gasteiger partial charge on any atom is 0.273 e. The molecule has 190 valence electrons. The Morgan fingerprint density at radius 2 is 2.03 bits per heavy atom. The van der Waals surface area contributed by atoms with Crippen LogP contribution in [0.1, 0.15) is 26.0 Å². The number of hydrogen-bond acceptors (Lipinski definition) is 5. The third-order valence-electron chi connectivity index (χ3n) is 6.10. The third-order valence-corrected chi connectivity index (χ3v) is 6.10. The lowest BCUT2D eigenvalue weighted by molar-refractivity contribution is 0.122. The number of fused-ring (bicyclic) bond motifs is 1. The topological polar surface area (TPSA) is 80.5 Å². The summed E-state index contributed by atoms with van der Waals surface area (Å²) in [6.45, 7) is 6.65. The van der Waals surface area contributed by atoms with Gasteiger partial charge in [0, 0.05) is 42.4 Å². The molecule has 8 nitrogen and oxygen atoms in total. The Kier molecular flexibility index (Phi) is 7.14. The van der Waals surface area contributed by atoms with Crippen LogP contribution < -0.4 is 10.5 Å². The number of rotatable bonds is 7. The summed E-state index contributed by atoms with van der Waals surface area (Å²) >= 11 is 0. The van der Waals surface area contributed by atoms with E-state index in [-0.39, 0.29) is 11.4 Å². The zero-order chi connectivity index (χ0) is 25.8. The van der Waals surface area contributed by atoms with Crippen LogP contribution in [0.4, 0.5) is 10.2 Å². The number of aromatic amines is 1. The Balaban J connectivity index is 1.65. The molecule has 0 atom stereocenters. The minimum Gasteiger partial charge on any atom is -0.378 e. The van der Waals surface area contributed by atoms with E-state index in [1.54, 1.807) is 12.1 Å². The van der Waals surface area contributed by atoms with Crippen molar-refractivity contribution in [3.05, 3.63) is 94.7 Å². The number of allylic oxidation sites excluding steroid dienone is 6. The minimum absolute atomic E-state index is 0.289. The number of halogens is 1. The molecule has 1 N–H and O–H groups in total. The largest absolute Gasteiger partial charge is 0.378 e. The van der Waals surface area contributed by atoms with E-state index in [1.165, 1.54) is 22.9 Å². The van der Waals surface area contributed by atoms with E-state index < -0.39 is 0 Å². The number of anilines is 1. The maximum absolute atomic E-state index is 13.8. The van der Waals surface area contributed by atoms with E-state index in [4.69, 9.17) is 14.8 Å². The first-order chi connectivity index (χ1) is 18.1.